The molecule has 1 N–H and O–H groups in total. The second-order valence-electron chi connectivity index (χ2n) is 7.04. The summed E-state index contributed by atoms with van der Waals surface area (Å²) in [6.45, 7) is 1.54. The lowest BCUT2D eigenvalue weighted by atomic mass is 10.0. The molecule has 0 amide bonds. The van der Waals surface area contributed by atoms with Crippen LogP contribution in [0.4, 0.5) is 5.69 Å². The average molecular weight is 367 g/mol. The first-order valence-corrected chi connectivity index (χ1v) is 10.0. The molecule has 0 spiro atoms. The molecular formula is C20H21N3O2S. The summed E-state index contributed by atoms with van der Waals surface area (Å²) >= 11 is 1.70. The summed E-state index contributed by atoms with van der Waals surface area (Å²) in [6.07, 6.45) is 5.41. The van der Waals surface area contributed by atoms with Crippen molar-refractivity contribution in [2.45, 2.75) is 38.6 Å². The van der Waals surface area contributed by atoms with Gasteiger partial charge >= 0.3 is 0 Å². The summed E-state index contributed by atoms with van der Waals surface area (Å²) in [5, 5.41) is 0.822. The smallest absolute Gasteiger partial charge is 0.259 e. The van der Waals surface area contributed by atoms with Gasteiger partial charge in [-0.25, -0.2) is 4.98 Å². The van der Waals surface area contributed by atoms with Crippen LogP contribution in [0.1, 0.15) is 34.7 Å². The van der Waals surface area contributed by atoms with Crippen LogP contribution < -0.4 is 15.2 Å². The Kier molecular flexibility index (Phi) is 3.74. The van der Waals surface area contributed by atoms with Crippen molar-refractivity contribution in [2.24, 2.45) is 0 Å². The standard InChI is InChI=1S/C20H21N3O2S/c1-25-14-8-2-5-12-6-4-10-23(18(12)14)11-16-21-19(24)17-13-7-3-9-15(13)26-20(17)22-16/h2,5,8H,3-4,6-7,9-11H2,1H3,(H,21,22,24). The number of nitrogens with one attached hydrogen (secondary N) is 1. The van der Waals surface area contributed by atoms with Gasteiger partial charge in [0.2, 0.25) is 0 Å². The molecule has 6 heteroatoms. The van der Waals surface area contributed by atoms with Crippen LogP contribution in [0.5, 0.6) is 5.75 Å². The zero-order valence-corrected chi connectivity index (χ0v) is 15.6. The number of aryl methyl sites for hydroxylation is 3. The third-order valence-corrected chi connectivity index (χ3v) is 6.64. The summed E-state index contributed by atoms with van der Waals surface area (Å²) < 4.78 is 5.58. The van der Waals surface area contributed by atoms with Gasteiger partial charge in [-0.05, 0) is 49.3 Å². The number of rotatable bonds is 3. The van der Waals surface area contributed by atoms with Crippen molar-refractivity contribution in [3.05, 3.63) is 50.4 Å². The second-order valence-corrected chi connectivity index (χ2v) is 8.13. The number of nitrogens with zero attached hydrogens (tertiary/aromatic N) is 2. The van der Waals surface area contributed by atoms with Crippen LogP contribution in [-0.4, -0.2) is 23.6 Å². The molecule has 5 nitrogen and oxygen atoms in total. The van der Waals surface area contributed by atoms with Crippen LogP contribution >= 0.6 is 11.3 Å². The molecule has 0 unspecified atom stereocenters. The predicted octanol–water partition coefficient (Wildman–Crippen LogP) is 3.43. The molecule has 0 radical (unpaired) electrons. The van der Waals surface area contributed by atoms with Crippen LogP contribution in [0.3, 0.4) is 0 Å². The number of methoxy groups -OCH3 is 1. The molecule has 134 valence electrons. The maximum Gasteiger partial charge on any atom is 0.259 e. The van der Waals surface area contributed by atoms with E-state index in [1.807, 2.05) is 12.1 Å². The highest BCUT2D eigenvalue weighted by Crippen LogP contribution is 2.37. The van der Waals surface area contributed by atoms with Crippen LogP contribution in [-0.2, 0) is 25.8 Å². The summed E-state index contributed by atoms with van der Waals surface area (Å²) in [7, 11) is 1.71. The zero-order chi connectivity index (χ0) is 17.7. The van der Waals surface area contributed by atoms with Crippen molar-refractivity contribution in [3.63, 3.8) is 0 Å². The number of hydrogen-bond acceptors (Lipinski definition) is 5. The Bertz CT molecular complexity index is 1040. The lowest BCUT2D eigenvalue weighted by molar-refractivity contribution is 0.412. The monoisotopic (exact) mass is 367 g/mol. The lowest BCUT2D eigenvalue weighted by Gasteiger charge is -2.32. The summed E-state index contributed by atoms with van der Waals surface area (Å²) in [5.41, 5.74) is 3.68. The molecule has 1 aliphatic heterocycles. The molecular weight excluding hydrogens is 346 g/mol. The molecule has 3 aromatic rings. The van der Waals surface area contributed by atoms with E-state index in [1.165, 1.54) is 16.0 Å². The highest BCUT2D eigenvalue weighted by molar-refractivity contribution is 7.18. The van der Waals surface area contributed by atoms with Gasteiger partial charge in [0.05, 0.1) is 24.7 Å². The molecule has 2 aliphatic rings. The van der Waals surface area contributed by atoms with E-state index in [0.29, 0.717) is 6.54 Å². The van der Waals surface area contributed by atoms with Crippen molar-refractivity contribution in [3.8, 4) is 5.75 Å². The first-order chi connectivity index (χ1) is 12.7. The fraction of sp³-hybridized carbons (Fsp3) is 0.400. The third kappa shape index (κ3) is 2.43. The Hall–Kier alpha value is -2.34. The predicted molar refractivity (Wildman–Crippen MR) is 105 cm³/mol. The van der Waals surface area contributed by atoms with Crippen molar-refractivity contribution in [1.29, 1.82) is 0 Å². The Balaban J connectivity index is 1.54. The van der Waals surface area contributed by atoms with E-state index in [0.717, 1.165) is 66.1 Å². The van der Waals surface area contributed by atoms with Gasteiger partial charge in [-0.3, -0.25) is 4.79 Å². The Labute approximate surface area is 155 Å². The van der Waals surface area contributed by atoms with Gasteiger partial charge in [-0.2, -0.15) is 0 Å². The number of anilines is 1. The van der Waals surface area contributed by atoms with E-state index in [4.69, 9.17) is 9.72 Å². The van der Waals surface area contributed by atoms with E-state index in [2.05, 4.69) is 16.0 Å². The van der Waals surface area contributed by atoms with Gasteiger partial charge in [-0.1, -0.05) is 12.1 Å². The fourth-order valence-electron chi connectivity index (χ4n) is 4.33. The van der Waals surface area contributed by atoms with Gasteiger partial charge < -0.3 is 14.6 Å². The van der Waals surface area contributed by atoms with Gasteiger partial charge in [0.1, 0.15) is 16.4 Å². The topological polar surface area (TPSA) is 58.2 Å². The Morgan fingerprint density at radius 2 is 2.19 bits per heavy atom. The minimum absolute atomic E-state index is 0.0154. The summed E-state index contributed by atoms with van der Waals surface area (Å²) in [6, 6.07) is 6.20. The second kappa shape index (κ2) is 6.13. The minimum atomic E-state index is 0.0154. The molecule has 2 aromatic heterocycles. The number of fused-ring (bicyclic) bond motifs is 4. The van der Waals surface area contributed by atoms with Crippen LogP contribution in [0.25, 0.3) is 10.2 Å². The zero-order valence-electron chi connectivity index (χ0n) is 14.8. The molecule has 0 saturated heterocycles. The van der Waals surface area contributed by atoms with Crippen LogP contribution in [0.15, 0.2) is 23.0 Å². The molecule has 0 atom stereocenters. The molecule has 1 aromatic carbocycles. The van der Waals surface area contributed by atoms with Gasteiger partial charge in [0.15, 0.2) is 0 Å². The van der Waals surface area contributed by atoms with E-state index in [1.54, 1.807) is 18.4 Å². The molecule has 5 rings (SSSR count). The van der Waals surface area contributed by atoms with E-state index >= 15 is 0 Å². The van der Waals surface area contributed by atoms with Crippen LogP contribution in [0, 0.1) is 0 Å². The first kappa shape index (κ1) is 15.9. The van der Waals surface area contributed by atoms with Gasteiger partial charge in [-0.15, -0.1) is 11.3 Å². The van der Waals surface area contributed by atoms with Gasteiger partial charge in [0, 0.05) is 11.4 Å². The average Bonchev–Trinajstić information content (AvgIpc) is 3.22. The van der Waals surface area contributed by atoms with Crippen molar-refractivity contribution >= 4 is 27.2 Å². The number of para-hydroxylation sites is 1. The number of hydrogen-bond donors (Lipinski definition) is 1. The fourth-order valence-corrected chi connectivity index (χ4v) is 5.61. The normalized spacial score (nSPS) is 16.0. The molecule has 0 saturated carbocycles. The quantitative estimate of drug-likeness (QED) is 0.770. The summed E-state index contributed by atoms with van der Waals surface area (Å²) in [5.74, 6) is 1.63. The third-order valence-electron chi connectivity index (χ3n) is 5.46. The first-order valence-electron chi connectivity index (χ1n) is 9.19. The lowest BCUT2D eigenvalue weighted by Crippen LogP contribution is -2.31. The Morgan fingerprint density at radius 3 is 3.08 bits per heavy atom. The number of H-pyrrole nitrogens is 1. The number of benzene rings is 1. The molecule has 26 heavy (non-hydrogen) atoms. The Morgan fingerprint density at radius 1 is 1.27 bits per heavy atom. The van der Waals surface area contributed by atoms with Crippen molar-refractivity contribution in [2.75, 3.05) is 18.6 Å². The molecule has 0 fully saturated rings. The van der Waals surface area contributed by atoms with E-state index < -0.39 is 0 Å². The number of thiophene rings is 1. The maximum absolute atomic E-state index is 12.7. The van der Waals surface area contributed by atoms with E-state index in [-0.39, 0.29) is 5.56 Å². The molecule has 0 bridgehead atoms. The van der Waals surface area contributed by atoms with E-state index in [9.17, 15) is 4.79 Å². The number of ether oxygens (including phenoxy) is 1. The van der Waals surface area contributed by atoms with Crippen molar-refractivity contribution < 1.29 is 4.74 Å². The number of aromatic amines is 1. The largest absolute Gasteiger partial charge is 0.495 e. The maximum atomic E-state index is 12.7. The highest BCUT2D eigenvalue weighted by Gasteiger charge is 2.24. The summed E-state index contributed by atoms with van der Waals surface area (Å²) in [4.78, 5) is 25.1. The SMILES string of the molecule is COc1cccc2c1N(Cc1nc3sc4c(c3c(=O)[nH]1)CCC4)CCC2. The number of aromatic nitrogens is 2. The highest BCUT2D eigenvalue weighted by atomic mass is 32.1. The molecule has 1 aliphatic carbocycles. The van der Waals surface area contributed by atoms with Gasteiger partial charge in [0.25, 0.3) is 5.56 Å². The van der Waals surface area contributed by atoms with Crippen LogP contribution in [0.2, 0.25) is 0 Å². The molecule has 3 heterocycles. The van der Waals surface area contributed by atoms with Crippen molar-refractivity contribution in [1.82, 2.24) is 9.97 Å². The minimum Gasteiger partial charge on any atom is -0.495 e.